The maximum atomic E-state index is 11.3. The molecule has 0 spiro atoms. The van der Waals surface area contributed by atoms with Crippen LogP contribution in [0.1, 0.15) is 27.2 Å². The van der Waals surface area contributed by atoms with Crippen LogP contribution in [0.3, 0.4) is 0 Å². The normalized spacial score (nSPS) is 14.0. The number of hydrogen-bond acceptors (Lipinski definition) is 3. The zero-order valence-corrected chi connectivity index (χ0v) is 9.95. The molecule has 0 saturated heterocycles. The average Bonchev–Trinajstić information content (AvgIpc) is 2.12. The Morgan fingerprint density at radius 1 is 1.56 bits per heavy atom. The van der Waals surface area contributed by atoms with Gasteiger partial charge in [0.2, 0.25) is 0 Å². The van der Waals surface area contributed by atoms with E-state index in [0.29, 0.717) is 0 Å². The predicted octanol–water partition coefficient (Wildman–Crippen LogP) is 1.79. The molecule has 0 aromatic heterocycles. The minimum atomic E-state index is -0.958. The molecule has 0 fully saturated rings. The van der Waals surface area contributed by atoms with E-state index in [1.54, 1.807) is 6.92 Å². The number of rotatable bonds is 6. The van der Waals surface area contributed by atoms with E-state index in [9.17, 15) is 9.59 Å². The first-order chi connectivity index (χ1) is 7.31. The van der Waals surface area contributed by atoms with Crippen molar-refractivity contribution in [1.82, 2.24) is 5.32 Å². The maximum absolute atomic E-state index is 11.3. The van der Waals surface area contributed by atoms with Crippen molar-refractivity contribution < 1.29 is 19.4 Å². The van der Waals surface area contributed by atoms with Crippen molar-refractivity contribution in [3.8, 4) is 0 Å². The molecule has 16 heavy (non-hydrogen) atoms. The molecule has 1 atom stereocenters. The fourth-order valence-corrected chi connectivity index (χ4v) is 1.11. The summed E-state index contributed by atoms with van der Waals surface area (Å²) in [6.07, 6.45) is 0.675. The van der Waals surface area contributed by atoms with Gasteiger partial charge < -0.3 is 15.2 Å². The molecule has 0 radical (unpaired) electrons. The topological polar surface area (TPSA) is 75.6 Å². The molecule has 0 aliphatic heterocycles. The minimum absolute atomic E-state index is 0.0140. The third kappa shape index (κ3) is 4.82. The van der Waals surface area contributed by atoms with Crippen molar-refractivity contribution in [2.24, 2.45) is 5.92 Å². The van der Waals surface area contributed by atoms with Gasteiger partial charge in [0.25, 0.3) is 0 Å². The molecule has 1 amide bonds. The van der Waals surface area contributed by atoms with Gasteiger partial charge in [0.15, 0.2) is 0 Å². The fourth-order valence-electron chi connectivity index (χ4n) is 1.11. The summed E-state index contributed by atoms with van der Waals surface area (Å²) in [5, 5.41) is 11.3. The molecule has 5 heteroatoms. The largest absolute Gasteiger partial charge is 0.481 e. The third-order valence-electron chi connectivity index (χ3n) is 2.51. The number of amides is 1. The molecule has 1 unspecified atom stereocenters. The van der Waals surface area contributed by atoms with E-state index < -0.39 is 17.6 Å². The monoisotopic (exact) mass is 229 g/mol. The number of carboxylic acids is 1. The first-order valence-corrected chi connectivity index (χ1v) is 5.09. The Labute approximate surface area is 95.5 Å². The Bertz CT molecular complexity index is 275. The van der Waals surface area contributed by atoms with Crippen molar-refractivity contribution in [3.63, 3.8) is 0 Å². The van der Waals surface area contributed by atoms with E-state index >= 15 is 0 Å². The van der Waals surface area contributed by atoms with Crippen LogP contribution in [0.2, 0.25) is 0 Å². The summed E-state index contributed by atoms with van der Waals surface area (Å²) >= 11 is 0. The van der Waals surface area contributed by atoms with Gasteiger partial charge in [-0.05, 0) is 12.8 Å². The number of carbonyl (C=O) groups is 2. The molecular formula is C11H19NO4. The molecule has 0 aliphatic carbocycles. The third-order valence-corrected chi connectivity index (χ3v) is 2.51. The molecule has 0 aliphatic rings. The lowest BCUT2D eigenvalue weighted by molar-refractivity contribution is -0.138. The second-order valence-corrected chi connectivity index (χ2v) is 4.15. The highest BCUT2D eigenvalue weighted by molar-refractivity contribution is 5.72. The highest BCUT2D eigenvalue weighted by Crippen LogP contribution is 2.20. The van der Waals surface area contributed by atoms with Crippen molar-refractivity contribution in [2.75, 3.05) is 6.61 Å². The van der Waals surface area contributed by atoms with Crippen molar-refractivity contribution in [3.05, 3.63) is 12.7 Å². The van der Waals surface area contributed by atoms with Gasteiger partial charge in [0.1, 0.15) is 6.61 Å². The van der Waals surface area contributed by atoms with E-state index in [4.69, 9.17) is 9.84 Å². The molecule has 2 N–H and O–H groups in total. The average molecular weight is 229 g/mol. The second-order valence-electron chi connectivity index (χ2n) is 4.15. The number of hydrogen-bond donors (Lipinski definition) is 2. The summed E-state index contributed by atoms with van der Waals surface area (Å²) in [5.41, 5.74) is -0.815. The molecule has 92 valence electrons. The van der Waals surface area contributed by atoms with Crippen LogP contribution in [0.4, 0.5) is 4.79 Å². The van der Waals surface area contributed by atoms with Gasteiger partial charge in [0.05, 0.1) is 12.0 Å². The van der Waals surface area contributed by atoms with Crippen LogP contribution in [0.5, 0.6) is 0 Å². The molecule has 5 nitrogen and oxygen atoms in total. The quantitative estimate of drug-likeness (QED) is 0.681. The summed E-state index contributed by atoms with van der Waals surface area (Å²) in [7, 11) is 0. The highest BCUT2D eigenvalue weighted by atomic mass is 16.5. The van der Waals surface area contributed by atoms with Crippen LogP contribution in [0, 0.1) is 5.92 Å². The second kappa shape index (κ2) is 6.15. The van der Waals surface area contributed by atoms with Crippen LogP contribution in [0.15, 0.2) is 12.7 Å². The van der Waals surface area contributed by atoms with E-state index in [1.807, 2.05) is 13.8 Å². The molecule has 0 bridgehead atoms. The Morgan fingerprint density at radius 3 is 2.50 bits per heavy atom. The predicted molar refractivity (Wildman–Crippen MR) is 60.2 cm³/mol. The number of carbonyl (C=O) groups excluding carboxylic acids is 1. The summed E-state index contributed by atoms with van der Waals surface area (Å²) in [6, 6.07) is 0. The van der Waals surface area contributed by atoms with Crippen LogP contribution in [-0.4, -0.2) is 29.3 Å². The standard InChI is InChI=1S/C11H19NO4/c1-5-6-16-10(15)12-11(4,8(2)3)7-9(13)14/h5,8H,1,6-7H2,2-4H3,(H,12,15)(H,13,14). The summed E-state index contributed by atoms with van der Waals surface area (Å²) in [4.78, 5) is 22.0. The number of aliphatic carboxylic acids is 1. The highest BCUT2D eigenvalue weighted by Gasteiger charge is 2.33. The summed E-state index contributed by atoms with van der Waals surface area (Å²) in [5.74, 6) is -0.972. The Balaban J connectivity index is 4.48. The molecule has 0 aromatic rings. The molecule has 0 saturated carbocycles. The lowest BCUT2D eigenvalue weighted by Gasteiger charge is -2.32. The summed E-state index contributed by atoms with van der Waals surface area (Å²) in [6.45, 7) is 8.89. The molecule has 0 heterocycles. The zero-order valence-electron chi connectivity index (χ0n) is 9.95. The maximum Gasteiger partial charge on any atom is 0.407 e. The first-order valence-electron chi connectivity index (χ1n) is 5.09. The molecular weight excluding hydrogens is 210 g/mol. The van der Waals surface area contributed by atoms with Crippen LogP contribution in [0.25, 0.3) is 0 Å². The smallest absolute Gasteiger partial charge is 0.407 e. The molecule has 0 aromatic carbocycles. The van der Waals surface area contributed by atoms with Crippen LogP contribution >= 0.6 is 0 Å². The lowest BCUT2D eigenvalue weighted by atomic mass is 9.85. The van der Waals surface area contributed by atoms with E-state index in [1.165, 1.54) is 6.08 Å². The first kappa shape index (κ1) is 14.5. The van der Waals surface area contributed by atoms with Crippen LogP contribution in [-0.2, 0) is 9.53 Å². The Morgan fingerprint density at radius 2 is 2.12 bits per heavy atom. The van der Waals surface area contributed by atoms with Crippen molar-refractivity contribution in [2.45, 2.75) is 32.7 Å². The number of nitrogens with one attached hydrogen (secondary N) is 1. The Hall–Kier alpha value is -1.52. The van der Waals surface area contributed by atoms with E-state index in [2.05, 4.69) is 11.9 Å². The SMILES string of the molecule is C=CCOC(=O)NC(C)(CC(=O)O)C(C)C. The van der Waals surface area contributed by atoms with E-state index in [-0.39, 0.29) is 18.9 Å². The number of alkyl carbamates (subject to hydrolysis) is 1. The van der Waals surface area contributed by atoms with Crippen molar-refractivity contribution in [1.29, 1.82) is 0 Å². The number of carboxylic acid groups (broad SMARTS) is 1. The summed E-state index contributed by atoms with van der Waals surface area (Å²) < 4.78 is 4.76. The Kier molecular flexibility index (Phi) is 5.56. The van der Waals surface area contributed by atoms with Gasteiger partial charge >= 0.3 is 12.1 Å². The minimum Gasteiger partial charge on any atom is -0.481 e. The molecule has 0 rings (SSSR count). The van der Waals surface area contributed by atoms with Gasteiger partial charge in [0, 0.05) is 0 Å². The van der Waals surface area contributed by atoms with Gasteiger partial charge in [-0.3, -0.25) is 4.79 Å². The van der Waals surface area contributed by atoms with Gasteiger partial charge in [-0.1, -0.05) is 26.5 Å². The zero-order chi connectivity index (χ0) is 12.8. The lowest BCUT2D eigenvalue weighted by Crippen LogP contribution is -2.51. The van der Waals surface area contributed by atoms with E-state index in [0.717, 1.165) is 0 Å². The van der Waals surface area contributed by atoms with Crippen molar-refractivity contribution >= 4 is 12.1 Å². The van der Waals surface area contributed by atoms with Gasteiger partial charge in [-0.15, -0.1) is 0 Å². The number of ether oxygens (including phenoxy) is 1. The van der Waals surface area contributed by atoms with Gasteiger partial charge in [-0.25, -0.2) is 4.79 Å². The fraction of sp³-hybridized carbons (Fsp3) is 0.636. The van der Waals surface area contributed by atoms with Crippen LogP contribution < -0.4 is 5.32 Å². The van der Waals surface area contributed by atoms with Gasteiger partial charge in [-0.2, -0.15) is 0 Å².